The van der Waals surface area contributed by atoms with Gasteiger partial charge in [0.05, 0.1) is 19.6 Å². The Hall–Kier alpha value is -2.04. The van der Waals surface area contributed by atoms with Crippen molar-refractivity contribution in [2.45, 2.75) is 39.4 Å². The highest BCUT2D eigenvalue weighted by Crippen LogP contribution is 2.15. The van der Waals surface area contributed by atoms with Gasteiger partial charge in [0.25, 0.3) is 0 Å². The zero-order valence-electron chi connectivity index (χ0n) is 12.2. The Kier molecular flexibility index (Phi) is 6.03. The summed E-state index contributed by atoms with van der Waals surface area (Å²) in [5.41, 5.74) is 0.769. The standard InChI is InChI=1S/C15H20O5/c1-10(2)19-13-7-5-6-12(8-13)9-14(16)20-11(3)15(17)18-4/h5-8,10-11H,9H2,1-4H3. The van der Waals surface area contributed by atoms with E-state index < -0.39 is 18.0 Å². The van der Waals surface area contributed by atoms with Crippen LogP contribution >= 0.6 is 0 Å². The molecule has 0 aliphatic rings. The lowest BCUT2D eigenvalue weighted by Gasteiger charge is -2.12. The molecule has 0 N–H and O–H groups in total. The predicted molar refractivity (Wildman–Crippen MR) is 73.5 cm³/mol. The Morgan fingerprint density at radius 2 is 1.90 bits per heavy atom. The highest BCUT2D eigenvalue weighted by Gasteiger charge is 2.18. The molecule has 0 aliphatic carbocycles. The van der Waals surface area contributed by atoms with E-state index in [1.807, 2.05) is 26.0 Å². The van der Waals surface area contributed by atoms with Gasteiger partial charge in [0, 0.05) is 0 Å². The molecule has 0 amide bonds. The minimum Gasteiger partial charge on any atom is -0.491 e. The lowest BCUT2D eigenvalue weighted by Crippen LogP contribution is -2.26. The summed E-state index contributed by atoms with van der Waals surface area (Å²) in [4.78, 5) is 22.9. The average Bonchev–Trinajstić information content (AvgIpc) is 2.37. The van der Waals surface area contributed by atoms with Crippen LogP contribution in [0.3, 0.4) is 0 Å². The fourth-order valence-electron chi connectivity index (χ4n) is 1.62. The molecule has 5 heteroatoms. The van der Waals surface area contributed by atoms with E-state index in [-0.39, 0.29) is 12.5 Å². The number of ether oxygens (including phenoxy) is 3. The molecule has 0 heterocycles. The third-order valence-corrected chi connectivity index (χ3v) is 2.46. The van der Waals surface area contributed by atoms with Gasteiger partial charge in [-0.3, -0.25) is 4.79 Å². The predicted octanol–water partition coefficient (Wildman–Crippen LogP) is 2.12. The van der Waals surface area contributed by atoms with Crippen LogP contribution in [0.15, 0.2) is 24.3 Å². The molecule has 1 atom stereocenters. The molecule has 1 aromatic rings. The van der Waals surface area contributed by atoms with Gasteiger partial charge in [-0.2, -0.15) is 0 Å². The maximum Gasteiger partial charge on any atom is 0.346 e. The number of carbonyl (C=O) groups is 2. The van der Waals surface area contributed by atoms with Crippen molar-refractivity contribution >= 4 is 11.9 Å². The minimum atomic E-state index is -0.900. The molecule has 20 heavy (non-hydrogen) atoms. The second-order valence-corrected chi connectivity index (χ2v) is 4.65. The Morgan fingerprint density at radius 3 is 2.50 bits per heavy atom. The van der Waals surface area contributed by atoms with E-state index >= 15 is 0 Å². The maximum atomic E-state index is 11.7. The highest BCUT2D eigenvalue weighted by molar-refractivity contribution is 5.80. The lowest BCUT2D eigenvalue weighted by molar-refractivity contribution is -0.164. The van der Waals surface area contributed by atoms with Crippen LogP contribution in [0.4, 0.5) is 0 Å². The van der Waals surface area contributed by atoms with E-state index in [9.17, 15) is 9.59 Å². The molecule has 0 spiro atoms. The van der Waals surface area contributed by atoms with Gasteiger partial charge in [0.2, 0.25) is 0 Å². The van der Waals surface area contributed by atoms with E-state index in [0.717, 1.165) is 5.56 Å². The molecule has 0 bridgehead atoms. The van der Waals surface area contributed by atoms with Crippen LogP contribution in [0, 0.1) is 0 Å². The fourth-order valence-corrected chi connectivity index (χ4v) is 1.62. The molecule has 1 unspecified atom stereocenters. The van der Waals surface area contributed by atoms with Crippen LogP contribution in [-0.4, -0.2) is 31.3 Å². The number of rotatable bonds is 6. The highest BCUT2D eigenvalue weighted by atomic mass is 16.6. The molecule has 0 saturated heterocycles. The minimum absolute atomic E-state index is 0.0662. The average molecular weight is 280 g/mol. The molecular weight excluding hydrogens is 260 g/mol. The molecule has 0 aromatic heterocycles. The quantitative estimate of drug-likeness (QED) is 0.747. The van der Waals surface area contributed by atoms with Crippen LogP contribution < -0.4 is 4.74 Å². The van der Waals surface area contributed by atoms with Gasteiger partial charge in [-0.15, -0.1) is 0 Å². The summed E-state index contributed by atoms with van der Waals surface area (Å²) in [5, 5.41) is 0. The van der Waals surface area contributed by atoms with Gasteiger partial charge in [-0.1, -0.05) is 12.1 Å². The maximum absolute atomic E-state index is 11.7. The number of methoxy groups -OCH3 is 1. The molecular formula is C15H20O5. The first-order valence-corrected chi connectivity index (χ1v) is 6.45. The molecule has 1 rings (SSSR count). The number of hydrogen-bond acceptors (Lipinski definition) is 5. The van der Waals surface area contributed by atoms with E-state index in [1.165, 1.54) is 14.0 Å². The van der Waals surface area contributed by atoms with Crippen LogP contribution in [0.1, 0.15) is 26.3 Å². The fraction of sp³-hybridized carbons (Fsp3) is 0.467. The van der Waals surface area contributed by atoms with Crippen molar-refractivity contribution < 1.29 is 23.8 Å². The van der Waals surface area contributed by atoms with Gasteiger partial charge < -0.3 is 14.2 Å². The van der Waals surface area contributed by atoms with Gasteiger partial charge in [-0.25, -0.2) is 4.79 Å². The summed E-state index contributed by atoms with van der Waals surface area (Å²) in [7, 11) is 1.25. The first kappa shape index (κ1) is 16.0. The summed E-state index contributed by atoms with van der Waals surface area (Å²) in [5.74, 6) is -0.355. The summed E-state index contributed by atoms with van der Waals surface area (Å²) in [6.45, 7) is 5.33. The number of esters is 2. The van der Waals surface area contributed by atoms with Crippen LogP contribution in [0.5, 0.6) is 5.75 Å². The van der Waals surface area contributed by atoms with Crippen molar-refractivity contribution in [1.82, 2.24) is 0 Å². The van der Waals surface area contributed by atoms with Gasteiger partial charge in [0.1, 0.15) is 5.75 Å². The molecule has 1 aromatic carbocycles. The summed E-state index contributed by atoms with van der Waals surface area (Å²) in [6.07, 6.45) is -0.754. The first-order chi connectivity index (χ1) is 9.42. The second kappa shape index (κ2) is 7.53. The van der Waals surface area contributed by atoms with Crippen molar-refractivity contribution in [3.63, 3.8) is 0 Å². The molecule has 0 fully saturated rings. The van der Waals surface area contributed by atoms with Gasteiger partial charge in [-0.05, 0) is 38.5 Å². The van der Waals surface area contributed by atoms with Crippen LogP contribution in [0.2, 0.25) is 0 Å². The van der Waals surface area contributed by atoms with E-state index in [4.69, 9.17) is 9.47 Å². The normalized spacial score (nSPS) is 11.8. The Bertz CT molecular complexity index is 467. The Balaban J connectivity index is 2.59. The van der Waals surface area contributed by atoms with Crippen LogP contribution in [0.25, 0.3) is 0 Å². The smallest absolute Gasteiger partial charge is 0.346 e. The largest absolute Gasteiger partial charge is 0.491 e. The zero-order valence-corrected chi connectivity index (χ0v) is 12.2. The van der Waals surface area contributed by atoms with E-state index in [0.29, 0.717) is 5.75 Å². The van der Waals surface area contributed by atoms with Crippen molar-refractivity contribution in [2.75, 3.05) is 7.11 Å². The van der Waals surface area contributed by atoms with E-state index in [2.05, 4.69) is 4.74 Å². The molecule has 0 saturated carbocycles. The monoisotopic (exact) mass is 280 g/mol. The van der Waals surface area contributed by atoms with Gasteiger partial charge >= 0.3 is 11.9 Å². The Morgan fingerprint density at radius 1 is 1.20 bits per heavy atom. The second-order valence-electron chi connectivity index (χ2n) is 4.65. The SMILES string of the molecule is COC(=O)C(C)OC(=O)Cc1cccc(OC(C)C)c1. The van der Waals surface area contributed by atoms with Crippen molar-refractivity contribution in [2.24, 2.45) is 0 Å². The topological polar surface area (TPSA) is 61.8 Å². The summed E-state index contributed by atoms with van der Waals surface area (Å²) < 4.78 is 15.0. The number of carbonyl (C=O) groups excluding carboxylic acids is 2. The lowest BCUT2D eigenvalue weighted by atomic mass is 10.1. The molecule has 0 radical (unpaired) electrons. The van der Waals surface area contributed by atoms with Crippen LogP contribution in [-0.2, 0) is 25.5 Å². The Labute approximate surface area is 118 Å². The van der Waals surface area contributed by atoms with E-state index in [1.54, 1.807) is 12.1 Å². The first-order valence-electron chi connectivity index (χ1n) is 6.45. The molecule has 0 aliphatic heterocycles. The zero-order chi connectivity index (χ0) is 15.1. The molecule has 110 valence electrons. The number of hydrogen-bond donors (Lipinski definition) is 0. The van der Waals surface area contributed by atoms with Crippen molar-refractivity contribution in [3.05, 3.63) is 29.8 Å². The molecule has 5 nitrogen and oxygen atoms in total. The third-order valence-electron chi connectivity index (χ3n) is 2.46. The van der Waals surface area contributed by atoms with Crippen molar-refractivity contribution in [1.29, 1.82) is 0 Å². The number of benzene rings is 1. The summed E-state index contributed by atoms with van der Waals surface area (Å²) >= 11 is 0. The summed E-state index contributed by atoms with van der Waals surface area (Å²) in [6, 6.07) is 7.22. The van der Waals surface area contributed by atoms with Gasteiger partial charge in [0.15, 0.2) is 6.10 Å². The van der Waals surface area contributed by atoms with Crippen molar-refractivity contribution in [3.8, 4) is 5.75 Å². The third kappa shape index (κ3) is 5.30.